The Bertz CT molecular complexity index is 438. The molecule has 0 saturated carbocycles. The van der Waals surface area contributed by atoms with E-state index in [-0.39, 0.29) is 17.6 Å². The van der Waals surface area contributed by atoms with Crippen molar-refractivity contribution in [1.82, 2.24) is 9.88 Å². The molecule has 0 aliphatic carbocycles. The third-order valence-electron chi connectivity index (χ3n) is 4.12. The molecule has 104 valence electrons. The highest BCUT2D eigenvalue weighted by Crippen LogP contribution is 2.36. The van der Waals surface area contributed by atoms with E-state index in [9.17, 15) is 4.79 Å². The summed E-state index contributed by atoms with van der Waals surface area (Å²) in [6, 6.07) is 0. The lowest BCUT2D eigenvalue weighted by molar-refractivity contribution is -0.0403. The molecule has 1 amide bonds. The van der Waals surface area contributed by atoms with Crippen LogP contribution in [0.3, 0.4) is 0 Å². The van der Waals surface area contributed by atoms with Crippen molar-refractivity contribution in [3.05, 3.63) is 18.4 Å². The molecule has 19 heavy (non-hydrogen) atoms. The van der Waals surface area contributed by atoms with Crippen molar-refractivity contribution < 1.29 is 18.7 Å². The normalized spacial score (nSPS) is 25.9. The highest BCUT2D eigenvalue weighted by Gasteiger charge is 2.43. The van der Waals surface area contributed by atoms with Crippen LogP contribution in [0.2, 0.25) is 0 Å². The van der Waals surface area contributed by atoms with E-state index in [1.165, 1.54) is 12.7 Å². The Labute approximate surface area is 111 Å². The standard InChI is InChI=1S/C13H18N2O4/c1-17-10-6-13(19-7-10)2-4-15(5-3-13)12(16)11-8-18-9-14-11/h8-10H,2-7H2,1H3. The lowest BCUT2D eigenvalue weighted by Gasteiger charge is -2.38. The molecule has 2 aliphatic heterocycles. The third kappa shape index (κ3) is 2.37. The summed E-state index contributed by atoms with van der Waals surface area (Å²) < 4.78 is 16.1. The number of ether oxygens (including phenoxy) is 2. The first kappa shape index (κ1) is 12.6. The first-order valence-corrected chi connectivity index (χ1v) is 6.57. The lowest BCUT2D eigenvalue weighted by Crippen LogP contribution is -2.46. The quantitative estimate of drug-likeness (QED) is 0.801. The van der Waals surface area contributed by atoms with Crippen molar-refractivity contribution >= 4 is 5.91 Å². The maximum atomic E-state index is 12.1. The Morgan fingerprint density at radius 2 is 2.32 bits per heavy atom. The summed E-state index contributed by atoms with van der Waals surface area (Å²) in [5.74, 6) is -0.0649. The van der Waals surface area contributed by atoms with Gasteiger partial charge in [-0.05, 0) is 12.8 Å². The molecule has 6 nitrogen and oxygen atoms in total. The van der Waals surface area contributed by atoms with Gasteiger partial charge in [-0.3, -0.25) is 4.79 Å². The van der Waals surface area contributed by atoms with E-state index in [0.29, 0.717) is 25.4 Å². The molecule has 1 atom stereocenters. The molecule has 0 radical (unpaired) electrons. The summed E-state index contributed by atoms with van der Waals surface area (Å²) in [5, 5.41) is 0. The Kier molecular flexibility index (Phi) is 3.28. The molecule has 6 heteroatoms. The summed E-state index contributed by atoms with van der Waals surface area (Å²) in [5.41, 5.74) is 0.277. The fourth-order valence-electron chi connectivity index (χ4n) is 2.90. The number of oxazole rings is 1. The highest BCUT2D eigenvalue weighted by atomic mass is 16.6. The van der Waals surface area contributed by atoms with Crippen LogP contribution in [-0.2, 0) is 9.47 Å². The Morgan fingerprint density at radius 1 is 1.53 bits per heavy atom. The minimum Gasteiger partial charge on any atom is -0.451 e. The van der Waals surface area contributed by atoms with Gasteiger partial charge in [-0.1, -0.05) is 0 Å². The summed E-state index contributed by atoms with van der Waals surface area (Å²) in [7, 11) is 1.72. The molecule has 0 bridgehead atoms. The molecule has 1 aromatic rings. The largest absolute Gasteiger partial charge is 0.451 e. The molecule has 3 rings (SSSR count). The number of carbonyl (C=O) groups is 1. The molecule has 1 unspecified atom stereocenters. The minimum atomic E-state index is -0.0960. The zero-order valence-electron chi connectivity index (χ0n) is 11.0. The van der Waals surface area contributed by atoms with Crippen LogP contribution in [0.15, 0.2) is 17.1 Å². The number of methoxy groups -OCH3 is 1. The number of hydrogen-bond donors (Lipinski definition) is 0. The van der Waals surface area contributed by atoms with Crippen molar-refractivity contribution in [1.29, 1.82) is 0 Å². The van der Waals surface area contributed by atoms with Crippen LogP contribution in [0.4, 0.5) is 0 Å². The number of likely N-dealkylation sites (tertiary alicyclic amines) is 1. The fraction of sp³-hybridized carbons (Fsp3) is 0.692. The number of hydrogen-bond acceptors (Lipinski definition) is 5. The SMILES string of the molecule is COC1COC2(CCN(C(=O)c3cocn3)CC2)C1. The topological polar surface area (TPSA) is 64.8 Å². The molecule has 3 heterocycles. The number of aromatic nitrogens is 1. The third-order valence-corrected chi connectivity index (χ3v) is 4.12. The minimum absolute atomic E-state index is 0.0649. The molecule has 1 spiro atoms. The second kappa shape index (κ2) is 4.94. The van der Waals surface area contributed by atoms with E-state index >= 15 is 0 Å². The fourth-order valence-corrected chi connectivity index (χ4v) is 2.90. The highest BCUT2D eigenvalue weighted by molar-refractivity contribution is 5.91. The van der Waals surface area contributed by atoms with Crippen molar-refractivity contribution in [2.75, 3.05) is 26.8 Å². The van der Waals surface area contributed by atoms with Gasteiger partial charge in [0.25, 0.3) is 5.91 Å². The molecule has 0 N–H and O–H groups in total. The number of piperidine rings is 1. The van der Waals surface area contributed by atoms with Crippen molar-refractivity contribution in [2.45, 2.75) is 31.0 Å². The second-order valence-electron chi connectivity index (χ2n) is 5.22. The predicted octanol–water partition coefficient (Wildman–Crippen LogP) is 1.08. The first-order chi connectivity index (χ1) is 9.22. The van der Waals surface area contributed by atoms with E-state index in [4.69, 9.17) is 13.9 Å². The number of rotatable bonds is 2. The summed E-state index contributed by atoms with van der Waals surface area (Å²) in [4.78, 5) is 17.8. The number of amides is 1. The maximum Gasteiger partial charge on any atom is 0.275 e. The summed E-state index contributed by atoms with van der Waals surface area (Å²) in [6.07, 6.45) is 5.50. The average Bonchev–Trinajstić information content (AvgIpc) is 3.09. The van der Waals surface area contributed by atoms with E-state index < -0.39 is 0 Å². The van der Waals surface area contributed by atoms with Gasteiger partial charge in [0.2, 0.25) is 0 Å². The van der Waals surface area contributed by atoms with Crippen LogP contribution in [0.25, 0.3) is 0 Å². The maximum absolute atomic E-state index is 12.1. The molecular formula is C13H18N2O4. The smallest absolute Gasteiger partial charge is 0.275 e. The van der Waals surface area contributed by atoms with Gasteiger partial charge in [-0.25, -0.2) is 4.98 Å². The molecule has 2 fully saturated rings. The monoisotopic (exact) mass is 266 g/mol. The Hall–Kier alpha value is -1.40. The predicted molar refractivity (Wildman–Crippen MR) is 65.7 cm³/mol. The molecule has 2 aliphatic rings. The van der Waals surface area contributed by atoms with Gasteiger partial charge in [0, 0.05) is 26.6 Å². The van der Waals surface area contributed by atoms with Crippen molar-refractivity contribution in [2.24, 2.45) is 0 Å². The van der Waals surface area contributed by atoms with Crippen molar-refractivity contribution in [3.8, 4) is 0 Å². The van der Waals surface area contributed by atoms with Gasteiger partial charge in [-0.2, -0.15) is 0 Å². The van der Waals surface area contributed by atoms with Crippen LogP contribution in [0.1, 0.15) is 29.8 Å². The number of nitrogens with zero attached hydrogens (tertiary/aromatic N) is 2. The van der Waals surface area contributed by atoms with Gasteiger partial charge >= 0.3 is 0 Å². The van der Waals surface area contributed by atoms with Gasteiger partial charge in [-0.15, -0.1) is 0 Å². The zero-order chi connectivity index (χ0) is 13.3. The Balaban J connectivity index is 1.59. The van der Waals surface area contributed by atoms with Crippen LogP contribution in [-0.4, -0.2) is 54.3 Å². The molecule has 2 saturated heterocycles. The zero-order valence-corrected chi connectivity index (χ0v) is 11.0. The van der Waals surface area contributed by atoms with Crippen LogP contribution in [0.5, 0.6) is 0 Å². The van der Waals surface area contributed by atoms with Gasteiger partial charge in [0.15, 0.2) is 12.1 Å². The molecular weight excluding hydrogens is 248 g/mol. The van der Waals surface area contributed by atoms with E-state index in [0.717, 1.165) is 19.3 Å². The Morgan fingerprint density at radius 3 is 2.89 bits per heavy atom. The second-order valence-corrected chi connectivity index (χ2v) is 5.22. The van der Waals surface area contributed by atoms with E-state index in [1.54, 1.807) is 7.11 Å². The average molecular weight is 266 g/mol. The van der Waals surface area contributed by atoms with Crippen LogP contribution < -0.4 is 0 Å². The van der Waals surface area contributed by atoms with E-state index in [2.05, 4.69) is 4.98 Å². The van der Waals surface area contributed by atoms with Crippen LogP contribution in [0, 0.1) is 0 Å². The molecule has 0 aromatic carbocycles. The lowest BCUT2D eigenvalue weighted by atomic mass is 9.88. The van der Waals surface area contributed by atoms with Crippen LogP contribution >= 0.6 is 0 Å². The van der Waals surface area contributed by atoms with Crippen molar-refractivity contribution in [3.63, 3.8) is 0 Å². The summed E-state index contributed by atoms with van der Waals surface area (Å²) >= 11 is 0. The van der Waals surface area contributed by atoms with Gasteiger partial charge in [0.1, 0.15) is 6.26 Å². The van der Waals surface area contributed by atoms with Gasteiger partial charge in [0.05, 0.1) is 18.3 Å². The van der Waals surface area contributed by atoms with E-state index in [1.807, 2.05) is 4.90 Å². The number of carbonyl (C=O) groups excluding carboxylic acids is 1. The summed E-state index contributed by atoms with van der Waals surface area (Å²) in [6.45, 7) is 2.05. The first-order valence-electron chi connectivity index (χ1n) is 6.57. The molecule has 1 aromatic heterocycles. The van der Waals surface area contributed by atoms with Gasteiger partial charge < -0.3 is 18.8 Å².